The van der Waals surface area contributed by atoms with Crippen LogP contribution in [0.3, 0.4) is 0 Å². The predicted molar refractivity (Wildman–Crippen MR) is 115 cm³/mol. The van der Waals surface area contributed by atoms with E-state index < -0.39 is 0 Å². The second-order valence-corrected chi connectivity index (χ2v) is 7.19. The lowest BCUT2D eigenvalue weighted by molar-refractivity contribution is 0.122. The minimum absolute atomic E-state index is 0.246. The number of imidazole rings is 1. The SMILES string of the molecule is CCCCNc1nc(N)c2[nH]c(=O)n(Cc3ccc(N4CCOCC4)cc3)c2n1. The van der Waals surface area contributed by atoms with Crippen molar-refractivity contribution in [3.05, 3.63) is 40.3 Å². The molecule has 1 aliphatic rings. The third-order valence-corrected chi connectivity index (χ3v) is 5.12. The zero-order valence-electron chi connectivity index (χ0n) is 16.6. The highest BCUT2D eigenvalue weighted by Crippen LogP contribution is 2.20. The molecule has 0 unspecified atom stereocenters. The van der Waals surface area contributed by atoms with Crippen LogP contribution >= 0.6 is 0 Å². The molecule has 2 aromatic heterocycles. The van der Waals surface area contributed by atoms with Crippen molar-refractivity contribution in [3.8, 4) is 0 Å². The number of nitrogens with two attached hydrogens (primary N) is 1. The Labute approximate surface area is 168 Å². The van der Waals surface area contributed by atoms with Crippen LogP contribution in [-0.2, 0) is 11.3 Å². The minimum atomic E-state index is -0.246. The van der Waals surface area contributed by atoms with Gasteiger partial charge in [-0.2, -0.15) is 9.97 Å². The first-order valence-corrected chi connectivity index (χ1v) is 10.1. The fraction of sp³-hybridized carbons (Fsp3) is 0.450. The van der Waals surface area contributed by atoms with Gasteiger partial charge in [-0.05, 0) is 24.1 Å². The van der Waals surface area contributed by atoms with Gasteiger partial charge in [0.15, 0.2) is 11.5 Å². The van der Waals surface area contributed by atoms with Crippen molar-refractivity contribution in [2.45, 2.75) is 26.3 Å². The Bertz CT molecular complexity index is 1020. The van der Waals surface area contributed by atoms with E-state index >= 15 is 0 Å². The molecule has 9 nitrogen and oxygen atoms in total. The number of rotatable bonds is 7. The molecule has 4 N–H and O–H groups in total. The molecule has 0 radical (unpaired) electrons. The summed E-state index contributed by atoms with van der Waals surface area (Å²) < 4.78 is 7.01. The van der Waals surface area contributed by atoms with Crippen LogP contribution in [0.5, 0.6) is 0 Å². The highest BCUT2D eigenvalue weighted by molar-refractivity contribution is 5.82. The Morgan fingerprint density at radius 2 is 1.97 bits per heavy atom. The number of H-pyrrole nitrogens is 1. The monoisotopic (exact) mass is 397 g/mol. The number of aromatic nitrogens is 4. The Hall–Kier alpha value is -3.07. The van der Waals surface area contributed by atoms with Crippen LogP contribution in [0, 0.1) is 0 Å². The summed E-state index contributed by atoms with van der Waals surface area (Å²) in [6.45, 7) is 6.58. The van der Waals surface area contributed by atoms with Crippen LogP contribution in [0.4, 0.5) is 17.5 Å². The van der Waals surface area contributed by atoms with Gasteiger partial charge < -0.3 is 25.7 Å². The molecule has 0 aliphatic carbocycles. The summed E-state index contributed by atoms with van der Waals surface area (Å²) in [6, 6.07) is 8.26. The van der Waals surface area contributed by atoms with Crippen LogP contribution in [0.25, 0.3) is 11.2 Å². The first-order valence-electron chi connectivity index (χ1n) is 10.1. The highest BCUT2D eigenvalue weighted by atomic mass is 16.5. The lowest BCUT2D eigenvalue weighted by atomic mass is 10.2. The van der Waals surface area contributed by atoms with Crippen LogP contribution in [-0.4, -0.2) is 52.4 Å². The Morgan fingerprint density at radius 1 is 1.21 bits per heavy atom. The quantitative estimate of drug-likeness (QED) is 0.521. The number of anilines is 3. The average Bonchev–Trinajstić information content (AvgIpc) is 3.05. The van der Waals surface area contributed by atoms with Crippen molar-refractivity contribution in [1.82, 2.24) is 19.5 Å². The molecule has 0 saturated carbocycles. The predicted octanol–water partition coefficient (Wildman–Crippen LogP) is 1.80. The van der Waals surface area contributed by atoms with Crippen LogP contribution in [0.15, 0.2) is 29.1 Å². The zero-order chi connectivity index (χ0) is 20.2. The van der Waals surface area contributed by atoms with Gasteiger partial charge in [-0.25, -0.2) is 4.79 Å². The molecule has 0 bridgehead atoms. The topological polar surface area (TPSA) is 114 Å². The molecule has 0 amide bonds. The summed E-state index contributed by atoms with van der Waals surface area (Å²) in [6.07, 6.45) is 2.08. The zero-order valence-corrected chi connectivity index (χ0v) is 16.6. The average molecular weight is 397 g/mol. The standard InChI is InChI=1S/C20H27N7O2/c1-2-3-8-22-19-24-17(21)16-18(25-19)27(20(28)23-16)13-14-4-6-15(7-5-14)26-9-11-29-12-10-26/h4-7H,2-3,8-13H2,1H3,(H,23,28)(H3,21,22,24,25). The summed E-state index contributed by atoms with van der Waals surface area (Å²) in [5, 5.41) is 3.18. The number of nitrogens with zero attached hydrogens (tertiary/aromatic N) is 4. The summed E-state index contributed by atoms with van der Waals surface area (Å²) in [5.41, 5.74) is 8.97. The second kappa shape index (κ2) is 8.52. The maximum atomic E-state index is 12.5. The number of unbranched alkanes of at least 4 members (excludes halogenated alkanes) is 1. The molecule has 154 valence electrons. The van der Waals surface area contributed by atoms with Crippen LogP contribution in [0.2, 0.25) is 0 Å². The largest absolute Gasteiger partial charge is 0.382 e. The number of morpholine rings is 1. The van der Waals surface area contributed by atoms with E-state index in [1.165, 1.54) is 0 Å². The van der Waals surface area contributed by atoms with Crippen LogP contribution < -0.4 is 21.6 Å². The van der Waals surface area contributed by atoms with Gasteiger partial charge >= 0.3 is 5.69 Å². The van der Waals surface area contributed by atoms with Gasteiger partial charge in [0.1, 0.15) is 5.52 Å². The summed E-state index contributed by atoms with van der Waals surface area (Å²) >= 11 is 0. The smallest absolute Gasteiger partial charge is 0.328 e. The van der Waals surface area contributed by atoms with Gasteiger partial charge in [0.2, 0.25) is 5.95 Å². The van der Waals surface area contributed by atoms with Crippen LogP contribution in [0.1, 0.15) is 25.3 Å². The number of benzene rings is 1. The Balaban J connectivity index is 1.58. The molecular formula is C20H27N7O2. The fourth-order valence-corrected chi connectivity index (χ4v) is 3.47. The molecule has 9 heteroatoms. The highest BCUT2D eigenvalue weighted by Gasteiger charge is 2.15. The number of ether oxygens (including phenoxy) is 1. The second-order valence-electron chi connectivity index (χ2n) is 7.19. The van der Waals surface area contributed by atoms with E-state index in [-0.39, 0.29) is 11.5 Å². The van der Waals surface area contributed by atoms with Crippen molar-refractivity contribution in [2.75, 3.05) is 48.8 Å². The van der Waals surface area contributed by atoms with E-state index in [0.717, 1.165) is 56.9 Å². The lowest BCUT2D eigenvalue weighted by Gasteiger charge is -2.28. The summed E-state index contributed by atoms with van der Waals surface area (Å²) in [5.74, 6) is 0.714. The van der Waals surface area contributed by atoms with Crippen molar-refractivity contribution >= 4 is 28.6 Å². The van der Waals surface area contributed by atoms with E-state index in [2.05, 4.69) is 44.2 Å². The van der Waals surface area contributed by atoms with Gasteiger partial charge in [0.25, 0.3) is 0 Å². The maximum absolute atomic E-state index is 12.5. The summed E-state index contributed by atoms with van der Waals surface area (Å²) in [4.78, 5) is 26.4. The number of aromatic amines is 1. The van der Waals surface area contributed by atoms with Crippen molar-refractivity contribution < 1.29 is 4.74 Å². The van der Waals surface area contributed by atoms with E-state index in [9.17, 15) is 4.79 Å². The summed E-state index contributed by atoms with van der Waals surface area (Å²) in [7, 11) is 0. The number of nitrogen functional groups attached to an aromatic ring is 1. The van der Waals surface area contributed by atoms with E-state index in [1.54, 1.807) is 4.57 Å². The third-order valence-electron chi connectivity index (χ3n) is 5.12. The molecule has 4 rings (SSSR count). The van der Waals surface area contributed by atoms with Crippen molar-refractivity contribution in [2.24, 2.45) is 0 Å². The van der Waals surface area contributed by atoms with E-state index in [0.29, 0.717) is 23.7 Å². The molecule has 0 spiro atoms. The first kappa shape index (κ1) is 19.3. The van der Waals surface area contributed by atoms with Gasteiger partial charge in [-0.15, -0.1) is 0 Å². The Kier molecular flexibility index (Phi) is 5.66. The third kappa shape index (κ3) is 4.19. The molecule has 1 saturated heterocycles. The Morgan fingerprint density at radius 3 is 2.69 bits per heavy atom. The molecule has 1 aliphatic heterocycles. The van der Waals surface area contributed by atoms with E-state index in [1.807, 2.05) is 12.1 Å². The van der Waals surface area contributed by atoms with Gasteiger partial charge in [-0.1, -0.05) is 25.5 Å². The maximum Gasteiger partial charge on any atom is 0.328 e. The number of fused-ring (bicyclic) bond motifs is 1. The molecule has 3 heterocycles. The fourth-order valence-electron chi connectivity index (χ4n) is 3.47. The van der Waals surface area contributed by atoms with Crippen molar-refractivity contribution in [1.29, 1.82) is 0 Å². The molecule has 29 heavy (non-hydrogen) atoms. The number of hydrogen-bond donors (Lipinski definition) is 3. The number of nitrogens with one attached hydrogen (secondary N) is 2. The normalized spacial score (nSPS) is 14.4. The molecule has 1 fully saturated rings. The van der Waals surface area contributed by atoms with Crippen molar-refractivity contribution in [3.63, 3.8) is 0 Å². The molecule has 1 aromatic carbocycles. The molecular weight excluding hydrogens is 370 g/mol. The number of hydrogen-bond acceptors (Lipinski definition) is 7. The minimum Gasteiger partial charge on any atom is -0.382 e. The first-order chi connectivity index (χ1) is 14.2. The molecule has 0 atom stereocenters. The van der Waals surface area contributed by atoms with Gasteiger partial charge in [-0.3, -0.25) is 4.57 Å². The van der Waals surface area contributed by atoms with Gasteiger partial charge in [0.05, 0.1) is 19.8 Å². The molecule has 3 aromatic rings. The lowest BCUT2D eigenvalue weighted by Crippen LogP contribution is -2.36. The van der Waals surface area contributed by atoms with E-state index in [4.69, 9.17) is 10.5 Å². The van der Waals surface area contributed by atoms with Gasteiger partial charge in [0, 0.05) is 25.3 Å².